The van der Waals surface area contributed by atoms with Crippen LogP contribution in [-0.2, 0) is 6.54 Å². The highest BCUT2D eigenvalue weighted by molar-refractivity contribution is 7.71. The zero-order chi connectivity index (χ0) is 12.4. The van der Waals surface area contributed by atoms with Crippen molar-refractivity contribution in [3.8, 4) is 0 Å². The number of piperidine rings is 1. The Morgan fingerprint density at radius 3 is 2.94 bits per heavy atom. The Morgan fingerprint density at radius 1 is 1.53 bits per heavy atom. The summed E-state index contributed by atoms with van der Waals surface area (Å²) in [5.74, 6) is 0.990. The van der Waals surface area contributed by atoms with Crippen LogP contribution in [-0.4, -0.2) is 52.9 Å². The van der Waals surface area contributed by atoms with Gasteiger partial charge in [-0.3, -0.25) is 4.57 Å². The Kier molecular flexibility index (Phi) is 3.83. The summed E-state index contributed by atoms with van der Waals surface area (Å²) in [4.78, 5) is 4.63. The molecule has 0 radical (unpaired) electrons. The first kappa shape index (κ1) is 12.6. The molecule has 0 aromatic carbocycles. The average molecular weight is 255 g/mol. The molecule has 1 unspecified atom stereocenters. The number of nitrogens with zero attached hydrogens (tertiary/aromatic N) is 4. The smallest absolute Gasteiger partial charge is 0.225 e. The molecule has 5 nitrogen and oxygen atoms in total. The van der Waals surface area contributed by atoms with Gasteiger partial charge in [0.15, 0.2) is 4.77 Å². The van der Waals surface area contributed by atoms with Crippen molar-refractivity contribution in [3.05, 3.63) is 4.77 Å². The van der Waals surface area contributed by atoms with Gasteiger partial charge >= 0.3 is 0 Å². The minimum atomic E-state index is 0.610. The standard InChI is InChI=1S/C11H21N5S/c1-4-16-10(12-13-11(16)17)15-7-5-6-9(8-15)14(2)3/h9H,4-8H2,1-3H3,(H,13,17). The van der Waals surface area contributed by atoms with Crippen molar-refractivity contribution >= 4 is 18.2 Å². The van der Waals surface area contributed by atoms with Gasteiger partial charge in [-0.1, -0.05) is 0 Å². The van der Waals surface area contributed by atoms with E-state index in [-0.39, 0.29) is 0 Å². The van der Waals surface area contributed by atoms with E-state index < -0.39 is 0 Å². The van der Waals surface area contributed by atoms with E-state index in [4.69, 9.17) is 12.2 Å². The molecule has 1 fully saturated rings. The second-order valence-electron chi connectivity index (χ2n) is 4.78. The summed E-state index contributed by atoms with van der Waals surface area (Å²) in [7, 11) is 4.29. The number of H-pyrrole nitrogens is 1. The van der Waals surface area contributed by atoms with Crippen LogP contribution in [0.15, 0.2) is 0 Å². The van der Waals surface area contributed by atoms with Crippen molar-refractivity contribution < 1.29 is 0 Å². The van der Waals surface area contributed by atoms with Crippen LogP contribution in [0.1, 0.15) is 19.8 Å². The molecule has 0 saturated carbocycles. The van der Waals surface area contributed by atoms with Gasteiger partial charge in [-0.25, -0.2) is 5.10 Å². The van der Waals surface area contributed by atoms with Crippen molar-refractivity contribution in [2.45, 2.75) is 32.4 Å². The van der Waals surface area contributed by atoms with Gasteiger partial charge in [-0.15, -0.1) is 5.10 Å². The Balaban J connectivity index is 2.19. The fraction of sp³-hybridized carbons (Fsp3) is 0.818. The molecule has 1 aliphatic rings. The molecular weight excluding hydrogens is 234 g/mol. The lowest BCUT2D eigenvalue weighted by Gasteiger charge is -2.36. The number of hydrogen-bond donors (Lipinski definition) is 1. The summed E-state index contributed by atoms with van der Waals surface area (Å²) in [6, 6.07) is 0.610. The summed E-state index contributed by atoms with van der Waals surface area (Å²) in [6.07, 6.45) is 2.48. The lowest BCUT2D eigenvalue weighted by molar-refractivity contribution is 0.256. The lowest BCUT2D eigenvalue weighted by atomic mass is 10.1. The zero-order valence-corrected chi connectivity index (χ0v) is 11.6. The molecule has 1 atom stereocenters. The SMILES string of the molecule is CCn1c(N2CCCC(N(C)C)C2)n[nH]c1=S. The summed E-state index contributed by atoms with van der Waals surface area (Å²) < 4.78 is 2.78. The van der Waals surface area contributed by atoms with E-state index in [0.717, 1.165) is 30.4 Å². The molecule has 17 heavy (non-hydrogen) atoms. The van der Waals surface area contributed by atoms with Gasteiger partial charge in [0.2, 0.25) is 5.95 Å². The molecule has 1 aromatic heterocycles. The monoisotopic (exact) mass is 255 g/mol. The van der Waals surface area contributed by atoms with Crippen LogP contribution < -0.4 is 4.90 Å². The molecule has 0 aliphatic carbocycles. The van der Waals surface area contributed by atoms with Gasteiger partial charge in [-0.05, 0) is 46.1 Å². The van der Waals surface area contributed by atoms with Gasteiger partial charge in [0.25, 0.3) is 0 Å². The molecule has 2 rings (SSSR count). The third kappa shape index (κ3) is 2.52. The Hall–Kier alpha value is -0.880. The average Bonchev–Trinajstić information content (AvgIpc) is 2.70. The fourth-order valence-electron chi connectivity index (χ4n) is 2.39. The van der Waals surface area contributed by atoms with E-state index in [1.165, 1.54) is 12.8 Å². The second-order valence-corrected chi connectivity index (χ2v) is 5.17. The van der Waals surface area contributed by atoms with E-state index in [9.17, 15) is 0 Å². The molecule has 1 N–H and O–H groups in total. The fourth-order valence-corrected chi connectivity index (χ4v) is 2.65. The maximum Gasteiger partial charge on any atom is 0.225 e. The molecule has 1 aromatic rings. The number of aromatic amines is 1. The molecular formula is C11H21N5S. The highest BCUT2D eigenvalue weighted by atomic mass is 32.1. The van der Waals surface area contributed by atoms with Crippen molar-refractivity contribution in [2.75, 3.05) is 32.1 Å². The topological polar surface area (TPSA) is 40.1 Å². The highest BCUT2D eigenvalue weighted by Crippen LogP contribution is 2.19. The molecule has 0 bridgehead atoms. The molecule has 0 spiro atoms. The molecule has 96 valence electrons. The van der Waals surface area contributed by atoms with Gasteiger partial charge in [0.05, 0.1) is 0 Å². The molecule has 1 saturated heterocycles. The van der Waals surface area contributed by atoms with Crippen LogP contribution in [0, 0.1) is 4.77 Å². The Labute approximate surface area is 107 Å². The van der Waals surface area contributed by atoms with E-state index in [1.807, 2.05) is 0 Å². The van der Waals surface area contributed by atoms with Crippen LogP contribution in [0.25, 0.3) is 0 Å². The maximum absolute atomic E-state index is 5.23. The molecule has 1 aliphatic heterocycles. The Morgan fingerprint density at radius 2 is 2.29 bits per heavy atom. The minimum Gasteiger partial charge on any atom is -0.339 e. The number of aromatic nitrogens is 3. The van der Waals surface area contributed by atoms with Crippen molar-refractivity contribution in [3.63, 3.8) is 0 Å². The molecule has 2 heterocycles. The predicted molar refractivity (Wildman–Crippen MR) is 72.0 cm³/mol. The summed E-state index contributed by atoms with van der Waals surface area (Å²) in [5, 5.41) is 7.25. The number of nitrogens with one attached hydrogen (secondary N) is 1. The lowest BCUT2D eigenvalue weighted by Crippen LogP contribution is -2.46. The number of rotatable bonds is 3. The number of anilines is 1. The first-order valence-corrected chi connectivity index (χ1v) is 6.61. The van der Waals surface area contributed by atoms with Gasteiger partial charge in [0, 0.05) is 25.7 Å². The van der Waals surface area contributed by atoms with Gasteiger partial charge in [-0.2, -0.15) is 0 Å². The molecule has 0 amide bonds. The van der Waals surface area contributed by atoms with E-state index in [1.54, 1.807) is 0 Å². The second kappa shape index (κ2) is 5.18. The van der Waals surface area contributed by atoms with Gasteiger partial charge in [0.1, 0.15) is 0 Å². The van der Waals surface area contributed by atoms with E-state index in [0.29, 0.717) is 6.04 Å². The van der Waals surface area contributed by atoms with Crippen molar-refractivity contribution in [1.82, 2.24) is 19.7 Å². The molecule has 6 heteroatoms. The van der Waals surface area contributed by atoms with Crippen molar-refractivity contribution in [1.29, 1.82) is 0 Å². The van der Waals surface area contributed by atoms with Crippen LogP contribution in [0.2, 0.25) is 0 Å². The summed E-state index contributed by atoms with van der Waals surface area (Å²) in [6.45, 7) is 5.08. The van der Waals surface area contributed by atoms with Crippen LogP contribution in [0.4, 0.5) is 5.95 Å². The van der Waals surface area contributed by atoms with Crippen LogP contribution in [0.3, 0.4) is 0 Å². The first-order chi connectivity index (χ1) is 8.13. The third-order valence-corrected chi connectivity index (χ3v) is 3.78. The van der Waals surface area contributed by atoms with Gasteiger partial charge < -0.3 is 9.80 Å². The highest BCUT2D eigenvalue weighted by Gasteiger charge is 2.24. The van der Waals surface area contributed by atoms with Crippen LogP contribution in [0.5, 0.6) is 0 Å². The van der Waals surface area contributed by atoms with E-state index >= 15 is 0 Å². The largest absolute Gasteiger partial charge is 0.339 e. The predicted octanol–water partition coefficient (Wildman–Crippen LogP) is 1.49. The van der Waals surface area contributed by atoms with Crippen LogP contribution >= 0.6 is 12.2 Å². The van der Waals surface area contributed by atoms with E-state index in [2.05, 4.69) is 45.6 Å². The summed E-state index contributed by atoms with van der Waals surface area (Å²) in [5.41, 5.74) is 0. The minimum absolute atomic E-state index is 0.610. The zero-order valence-electron chi connectivity index (χ0n) is 10.8. The number of hydrogen-bond acceptors (Lipinski definition) is 4. The normalized spacial score (nSPS) is 21.2. The summed E-state index contributed by atoms with van der Waals surface area (Å²) >= 11 is 5.23. The van der Waals surface area contributed by atoms with Crippen molar-refractivity contribution in [2.24, 2.45) is 0 Å². The third-order valence-electron chi connectivity index (χ3n) is 3.46. The quantitative estimate of drug-likeness (QED) is 0.831. The first-order valence-electron chi connectivity index (χ1n) is 6.20. The maximum atomic E-state index is 5.23. The number of likely N-dealkylation sites (N-methyl/N-ethyl adjacent to an activating group) is 1. The Bertz CT molecular complexity index is 422.